The Labute approximate surface area is 192 Å². The number of rotatable bonds is 6. The third-order valence-electron chi connectivity index (χ3n) is 6.05. The quantitative estimate of drug-likeness (QED) is 0.264. The van der Waals surface area contributed by atoms with Crippen LogP contribution in [0.4, 0.5) is 4.39 Å². The van der Waals surface area contributed by atoms with Crippen molar-refractivity contribution in [1.29, 1.82) is 0 Å². The van der Waals surface area contributed by atoms with Crippen LogP contribution in [0, 0.1) is 0 Å². The van der Waals surface area contributed by atoms with E-state index in [-0.39, 0.29) is 18.1 Å². The van der Waals surface area contributed by atoms with Crippen LogP contribution >= 0.6 is 0 Å². The summed E-state index contributed by atoms with van der Waals surface area (Å²) in [6.45, 7) is 12.7. The molecule has 2 atom stereocenters. The standard InChI is InChI=1S/C27H33FO3Si/c1-6-30-26(29)19-21-17-24(28)20(2)25(18-21)31-32(27(3,4)5,22-13-9-7-10-14-22)23-15-11-8-12-16-23/h7-16,19,24-25H,2,6,17-18H2,1,3-5H3/b21-19+/t24-,25+/m0/s1. The second-order valence-corrected chi connectivity index (χ2v) is 13.5. The van der Waals surface area contributed by atoms with Gasteiger partial charge >= 0.3 is 5.97 Å². The average Bonchev–Trinajstić information content (AvgIpc) is 2.75. The van der Waals surface area contributed by atoms with Gasteiger partial charge in [-0.3, -0.25) is 0 Å². The van der Waals surface area contributed by atoms with Crippen LogP contribution in [0.25, 0.3) is 0 Å². The average molecular weight is 453 g/mol. The molecule has 3 nitrogen and oxygen atoms in total. The zero-order valence-electron chi connectivity index (χ0n) is 19.4. The molecule has 0 aliphatic heterocycles. The van der Waals surface area contributed by atoms with Crippen LogP contribution in [0.5, 0.6) is 0 Å². The molecular weight excluding hydrogens is 419 g/mol. The molecule has 0 bridgehead atoms. The van der Waals surface area contributed by atoms with E-state index in [2.05, 4.69) is 51.6 Å². The van der Waals surface area contributed by atoms with Crippen LogP contribution in [-0.2, 0) is 14.0 Å². The Morgan fingerprint density at radius 2 is 1.59 bits per heavy atom. The fourth-order valence-electron chi connectivity index (χ4n) is 4.51. The minimum Gasteiger partial charge on any atom is -0.463 e. The molecule has 0 heterocycles. The molecule has 0 amide bonds. The number of benzene rings is 2. The molecule has 1 aliphatic carbocycles. The molecule has 0 N–H and O–H groups in total. The van der Waals surface area contributed by atoms with Crippen molar-refractivity contribution in [2.75, 3.05) is 6.61 Å². The Morgan fingerprint density at radius 1 is 1.06 bits per heavy atom. The van der Waals surface area contributed by atoms with Crippen molar-refractivity contribution in [3.63, 3.8) is 0 Å². The Balaban J connectivity index is 2.10. The zero-order chi connectivity index (χ0) is 23.4. The van der Waals surface area contributed by atoms with E-state index in [1.807, 2.05) is 36.4 Å². The van der Waals surface area contributed by atoms with Gasteiger partial charge < -0.3 is 9.16 Å². The Morgan fingerprint density at radius 3 is 2.06 bits per heavy atom. The van der Waals surface area contributed by atoms with E-state index < -0.39 is 26.6 Å². The fourth-order valence-corrected chi connectivity index (χ4v) is 9.18. The molecule has 1 fully saturated rings. The van der Waals surface area contributed by atoms with Crippen molar-refractivity contribution in [3.05, 3.63) is 84.5 Å². The summed E-state index contributed by atoms with van der Waals surface area (Å²) in [6, 6.07) is 20.5. The zero-order valence-corrected chi connectivity index (χ0v) is 20.4. The first-order chi connectivity index (χ1) is 15.2. The largest absolute Gasteiger partial charge is 0.463 e. The van der Waals surface area contributed by atoms with Crippen molar-refractivity contribution in [1.82, 2.24) is 0 Å². The number of alkyl halides is 1. The second-order valence-electron chi connectivity index (χ2n) is 9.28. The molecule has 0 radical (unpaired) electrons. The van der Waals surface area contributed by atoms with Gasteiger partial charge in [-0.25, -0.2) is 9.18 Å². The first-order valence-corrected chi connectivity index (χ1v) is 13.1. The topological polar surface area (TPSA) is 35.5 Å². The van der Waals surface area contributed by atoms with Crippen LogP contribution in [0.3, 0.4) is 0 Å². The Bertz CT molecular complexity index is 924. The molecule has 0 spiro atoms. The lowest BCUT2D eigenvalue weighted by Crippen LogP contribution is -2.68. The monoisotopic (exact) mass is 452 g/mol. The normalized spacial score (nSPS) is 20.9. The predicted octanol–water partition coefficient (Wildman–Crippen LogP) is 5.11. The van der Waals surface area contributed by atoms with Crippen LogP contribution in [0.15, 0.2) is 84.5 Å². The predicted molar refractivity (Wildman–Crippen MR) is 130 cm³/mol. The fraction of sp³-hybridized carbons (Fsp3) is 0.370. The molecule has 5 heteroatoms. The molecular formula is C27H33FO3Si. The lowest BCUT2D eigenvalue weighted by molar-refractivity contribution is -0.137. The summed E-state index contributed by atoms with van der Waals surface area (Å²) in [7, 11) is -2.86. The van der Waals surface area contributed by atoms with E-state index in [1.165, 1.54) is 6.08 Å². The minimum atomic E-state index is -2.86. The van der Waals surface area contributed by atoms with Crippen molar-refractivity contribution in [2.45, 2.75) is 57.9 Å². The number of carbonyl (C=O) groups excluding carboxylic acids is 1. The maximum atomic E-state index is 15.0. The molecule has 170 valence electrons. The van der Waals surface area contributed by atoms with E-state index in [4.69, 9.17) is 9.16 Å². The Hall–Kier alpha value is -2.50. The number of carbonyl (C=O) groups is 1. The first-order valence-electron chi connectivity index (χ1n) is 11.2. The van der Waals surface area contributed by atoms with Gasteiger partial charge in [-0.15, -0.1) is 0 Å². The summed E-state index contributed by atoms with van der Waals surface area (Å²) in [6.07, 6.45) is 0.226. The van der Waals surface area contributed by atoms with Crippen LogP contribution in [0.2, 0.25) is 5.04 Å². The number of halogens is 1. The summed E-state index contributed by atoms with van der Waals surface area (Å²) in [5.41, 5.74) is 1.14. The molecule has 3 rings (SSSR count). The maximum Gasteiger partial charge on any atom is 0.330 e. The molecule has 0 aromatic heterocycles. The molecule has 2 aromatic carbocycles. The highest BCUT2D eigenvalue weighted by atomic mass is 28.4. The Kier molecular flexibility index (Phi) is 7.52. The highest BCUT2D eigenvalue weighted by molar-refractivity contribution is 6.99. The second kappa shape index (κ2) is 9.97. The van der Waals surface area contributed by atoms with Crippen molar-refractivity contribution in [2.24, 2.45) is 0 Å². The summed E-state index contributed by atoms with van der Waals surface area (Å²) in [4.78, 5) is 12.0. The molecule has 2 aromatic rings. The van der Waals surface area contributed by atoms with E-state index in [0.717, 1.165) is 10.4 Å². The molecule has 1 saturated carbocycles. The van der Waals surface area contributed by atoms with Gasteiger partial charge in [0.25, 0.3) is 8.32 Å². The summed E-state index contributed by atoms with van der Waals surface area (Å²) >= 11 is 0. The summed E-state index contributed by atoms with van der Waals surface area (Å²) in [5.74, 6) is -0.439. The van der Waals surface area contributed by atoms with Gasteiger partial charge in [-0.2, -0.15) is 0 Å². The van der Waals surface area contributed by atoms with Gasteiger partial charge in [0.2, 0.25) is 0 Å². The van der Waals surface area contributed by atoms with E-state index in [1.54, 1.807) is 6.92 Å². The molecule has 1 aliphatic rings. The minimum absolute atomic E-state index is 0.151. The van der Waals surface area contributed by atoms with Crippen LogP contribution in [0.1, 0.15) is 40.5 Å². The van der Waals surface area contributed by atoms with Gasteiger partial charge in [0, 0.05) is 12.5 Å². The van der Waals surface area contributed by atoms with Crippen molar-refractivity contribution in [3.8, 4) is 0 Å². The van der Waals surface area contributed by atoms with E-state index in [0.29, 0.717) is 17.6 Å². The molecule has 32 heavy (non-hydrogen) atoms. The third-order valence-corrected chi connectivity index (χ3v) is 11.1. The smallest absolute Gasteiger partial charge is 0.330 e. The molecule has 0 unspecified atom stereocenters. The number of hydrogen-bond donors (Lipinski definition) is 0. The van der Waals surface area contributed by atoms with Crippen LogP contribution < -0.4 is 10.4 Å². The number of esters is 1. The SMILES string of the molecule is C=C1[C@@H](F)C/C(=C\C(=O)OCC)C[C@H]1O[Si](c1ccccc1)(c1ccccc1)C(C)(C)C. The van der Waals surface area contributed by atoms with E-state index >= 15 is 4.39 Å². The highest BCUT2D eigenvalue weighted by Gasteiger charge is 2.52. The third kappa shape index (κ3) is 4.94. The number of ether oxygens (including phenoxy) is 1. The van der Waals surface area contributed by atoms with Gasteiger partial charge in [-0.05, 0) is 34.3 Å². The lowest BCUT2D eigenvalue weighted by atomic mass is 9.87. The van der Waals surface area contributed by atoms with Gasteiger partial charge in [-0.1, -0.05) is 93.6 Å². The van der Waals surface area contributed by atoms with E-state index in [9.17, 15) is 4.79 Å². The van der Waals surface area contributed by atoms with Gasteiger partial charge in [0.1, 0.15) is 6.17 Å². The van der Waals surface area contributed by atoms with Gasteiger partial charge in [0.15, 0.2) is 0 Å². The highest BCUT2D eigenvalue weighted by Crippen LogP contribution is 2.41. The lowest BCUT2D eigenvalue weighted by Gasteiger charge is -2.46. The summed E-state index contributed by atoms with van der Waals surface area (Å²) in [5, 5.41) is 2.02. The first kappa shape index (κ1) is 24.1. The molecule has 0 saturated heterocycles. The van der Waals surface area contributed by atoms with Crippen LogP contribution in [-0.4, -0.2) is 33.2 Å². The van der Waals surface area contributed by atoms with Crippen molar-refractivity contribution < 1.29 is 18.3 Å². The van der Waals surface area contributed by atoms with Crippen molar-refractivity contribution >= 4 is 24.7 Å². The van der Waals surface area contributed by atoms with Gasteiger partial charge in [0.05, 0.1) is 12.7 Å². The number of hydrogen-bond acceptors (Lipinski definition) is 3. The maximum absolute atomic E-state index is 15.0. The summed E-state index contributed by atoms with van der Waals surface area (Å²) < 4.78 is 27.2.